The van der Waals surface area contributed by atoms with Gasteiger partial charge < -0.3 is 5.11 Å². The number of pyridine rings is 1. The van der Waals surface area contributed by atoms with Crippen LogP contribution < -0.4 is 5.49 Å². The maximum atomic E-state index is 10.8. The van der Waals surface area contributed by atoms with E-state index in [1.807, 2.05) is 0 Å². The molecule has 1 rings (SSSR count). The number of aryl methyl sites for hydroxylation is 1. The lowest BCUT2D eigenvalue weighted by molar-refractivity contribution is 0.0695. The molecule has 0 unspecified atom stereocenters. The first-order chi connectivity index (χ1) is 6.49. The van der Waals surface area contributed by atoms with Gasteiger partial charge in [-0.15, -0.1) is 0 Å². The molecule has 0 saturated heterocycles. The third-order valence-electron chi connectivity index (χ3n) is 2.07. The second-order valence-electron chi connectivity index (χ2n) is 3.00. The summed E-state index contributed by atoms with van der Waals surface area (Å²) in [6, 6.07) is 0. The summed E-state index contributed by atoms with van der Waals surface area (Å²) in [5, 5.41) is 23.5. The van der Waals surface area contributed by atoms with Crippen LogP contribution in [-0.2, 0) is 0 Å². The van der Waals surface area contributed by atoms with Crippen molar-refractivity contribution in [3.05, 3.63) is 28.4 Å². The minimum Gasteiger partial charge on any atom is -0.478 e. The molecule has 0 aromatic carbocycles. The van der Waals surface area contributed by atoms with Crippen molar-refractivity contribution in [2.75, 3.05) is 0 Å². The summed E-state index contributed by atoms with van der Waals surface area (Å²) in [5.74, 6) is -1.04. The highest BCUT2D eigenvalue weighted by molar-refractivity contribution is 5.90. The maximum absolute atomic E-state index is 10.8. The third kappa shape index (κ3) is 1.44. The standard InChI is InChI=1S/C9H11N3O2/c1-5-3-12(4-10)8(11)6(2)7(5)9(13)14/h3-4,10-11H,1-2H3,(H,13,14). The molecule has 0 aliphatic rings. The van der Waals surface area contributed by atoms with E-state index < -0.39 is 5.97 Å². The van der Waals surface area contributed by atoms with E-state index in [-0.39, 0.29) is 11.1 Å². The van der Waals surface area contributed by atoms with Gasteiger partial charge in [0.15, 0.2) is 0 Å². The molecule has 5 heteroatoms. The molecule has 1 heterocycles. The van der Waals surface area contributed by atoms with E-state index in [0.29, 0.717) is 11.1 Å². The molecular weight excluding hydrogens is 182 g/mol. The molecule has 5 nitrogen and oxygen atoms in total. The van der Waals surface area contributed by atoms with Crippen LogP contribution in [0, 0.1) is 24.7 Å². The Labute approximate surface area is 80.6 Å². The van der Waals surface area contributed by atoms with E-state index in [1.165, 1.54) is 10.8 Å². The zero-order valence-electron chi connectivity index (χ0n) is 7.96. The second kappa shape index (κ2) is 3.45. The number of carbonyl (C=O) groups is 1. The highest BCUT2D eigenvalue weighted by Crippen LogP contribution is 2.08. The highest BCUT2D eigenvalue weighted by Gasteiger charge is 2.13. The number of rotatable bonds is 2. The van der Waals surface area contributed by atoms with Crippen LogP contribution in [0.5, 0.6) is 0 Å². The van der Waals surface area contributed by atoms with Crippen molar-refractivity contribution in [2.24, 2.45) is 0 Å². The number of hydrogen-bond acceptors (Lipinski definition) is 3. The van der Waals surface area contributed by atoms with Crippen molar-refractivity contribution in [1.29, 1.82) is 10.8 Å². The first-order valence-corrected chi connectivity index (χ1v) is 4.00. The van der Waals surface area contributed by atoms with Crippen LogP contribution in [0.4, 0.5) is 0 Å². The quantitative estimate of drug-likeness (QED) is 0.477. The van der Waals surface area contributed by atoms with Crippen LogP contribution >= 0.6 is 0 Å². The van der Waals surface area contributed by atoms with Crippen LogP contribution in [0.25, 0.3) is 0 Å². The monoisotopic (exact) mass is 193 g/mol. The maximum Gasteiger partial charge on any atom is 0.336 e. The van der Waals surface area contributed by atoms with E-state index in [1.54, 1.807) is 13.8 Å². The molecule has 74 valence electrons. The van der Waals surface area contributed by atoms with Crippen LogP contribution in [0.1, 0.15) is 21.5 Å². The lowest BCUT2D eigenvalue weighted by Crippen LogP contribution is -2.25. The number of carboxylic acid groups (broad SMARTS) is 1. The van der Waals surface area contributed by atoms with Crippen LogP contribution in [0.15, 0.2) is 6.20 Å². The van der Waals surface area contributed by atoms with Gasteiger partial charge in [-0.2, -0.15) is 0 Å². The van der Waals surface area contributed by atoms with Gasteiger partial charge in [-0.25, -0.2) is 4.79 Å². The molecule has 14 heavy (non-hydrogen) atoms. The summed E-state index contributed by atoms with van der Waals surface area (Å²) in [5.41, 5.74) is 1.10. The summed E-state index contributed by atoms with van der Waals surface area (Å²) in [7, 11) is 0. The number of nitrogens with one attached hydrogen (secondary N) is 2. The Morgan fingerprint density at radius 2 is 2.14 bits per heavy atom. The van der Waals surface area contributed by atoms with Crippen molar-refractivity contribution in [3.63, 3.8) is 0 Å². The molecule has 1 aromatic heterocycles. The molecule has 0 radical (unpaired) electrons. The van der Waals surface area contributed by atoms with Gasteiger partial charge >= 0.3 is 5.97 Å². The molecule has 0 aliphatic carbocycles. The molecule has 0 atom stereocenters. The molecule has 0 bridgehead atoms. The molecule has 0 amide bonds. The van der Waals surface area contributed by atoms with Gasteiger partial charge in [0, 0.05) is 11.8 Å². The number of carboxylic acids is 1. The highest BCUT2D eigenvalue weighted by atomic mass is 16.4. The van der Waals surface area contributed by atoms with Crippen molar-refractivity contribution in [2.45, 2.75) is 13.8 Å². The lowest BCUT2D eigenvalue weighted by atomic mass is 10.1. The summed E-state index contributed by atoms with van der Waals surface area (Å²) in [6.07, 6.45) is 2.44. The fourth-order valence-corrected chi connectivity index (χ4v) is 1.38. The summed E-state index contributed by atoms with van der Waals surface area (Å²) in [4.78, 5) is 10.8. The smallest absolute Gasteiger partial charge is 0.336 e. The Bertz CT molecular complexity index is 460. The van der Waals surface area contributed by atoms with Gasteiger partial charge in [0.1, 0.15) is 5.49 Å². The molecule has 0 aliphatic heterocycles. The second-order valence-corrected chi connectivity index (χ2v) is 3.00. The molecule has 0 spiro atoms. The molecule has 3 N–H and O–H groups in total. The van der Waals surface area contributed by atoms with E-state index in [4.69, 9.17) is 15.9 Å². The average molecular weight is 193 g/mol. The molecule has 1 aromatic rings. The van der Waals surface area contributed by atoms with E-state index in [2.05, 4.69) is 0 Å². The Morgan fingerprint density at radius 3 is 2.57 bits per heavy atom. The predicted octanol–water partition coefficient (Wildman–Crippen LogP) is 0.738. The number of aromatic nitrogens is 1. The Kier molecular flexibility index (Phi) is 2.51. The SMILES string of the molecule is Cc1cn(C=N)c(=N)c(C)c1C(=O)O. The zero-order valence-corrected chi connectivity index (χ0v) is 7.96. The summed E-state index contributed by atoms with van der Waals surface area (Å²) in [6.45, 7) is 3.22. The summed E-state index contributed by atoms with van der Waals surface area (Å²) >= 11 is 0. The van der Waals surface area contributed by atoms with Crippen LogP contribution in [0.3, 0.4) is 0 Å². The van der Waals surface area contributed by atoms with Gasteiger partial charge in [-0.05, 0) is 19.4 Å². The number of hydrogen-bond donors (Lipinski definition) is 3. The first-order valence-electron chi connectivity index (χ1n) is 4.00. The van der Waals surface area contributed by atoms with Gasteiger partial charge in [0.25, 0.3) is 0 Å². The number of aromatic carboxylic acids is 1. The van der Waals surface area contributed by atoms with E-state index in [9.17, 15) is 4.79 Å². The topological polar surface area (TPSA) is 89.9 Å². The molecule has 0 saturated carbocycles. The Balaban J connectivity index is 3.66. The molecular formula is C9H11N3O2. The van der Waals surface area contributed by atoms with Gasteiger partial charge in [0.2, 0.25) is 0 Å². The van der Waals surface area contributed by atoms with Gasteiger partial charge in [-0.3, -0.25) is 15.4 Å². The van der Waals surface area contributed by atoms with Gasteiger partial charge in [0.05, 0.1) is 11.9 Å². The zero-order chi connectivity index (χ0) is 10.9. The van der Waals surface area contributed by atoms with E-state index >= 15 is 0 Å². The van der Waals surface area contributed by atoms with Gasteiger partial charge in [-0.1, -0.05) is 0 Å². The fraction of sp³-hybridized carbons (Fsp3) is 0.222. The Hall–Kier alpha value is -1.91. The third-order valence-corrected chi connectivity index (χ3v) is 2.07. The minimum absolute atomic E-state index is 0.0306. The first kappa shape index (κ1) is 10.2. The fourth-order valence-electron chi connectivity index (χ4n) is 1.38. The van der Waals surface area contributed by atoms with Crippen molar-refractivity contribution < 1.29 is 9.90 Å². The predicted molar refractivity (Wildman–Crippen MR) is 50.9 cm³/mol. The Morgan fingerprint density at radius 1 is 1.57 bits per heavy atom. The minimum atomic E-state index is -1.04. The average Bonchev–Trinajstić information content (AvgIpc) is 2.10. The van der Waals surface area contributed by atoms with Crippen LogP contribution in [-0.4, -0.2) is 22.0 Å². The van der Waals surface area contributed by atoms with Crippen molar-refractivity contribution in [1.82, 2.24) is 4.57 Å². The largest absolute Gasteiger partial charge is 0.478 e. The number of nitrogens with zero attached hydrogens (tertiary/aromatic N) is 1. The molecule has 0 fully saturated rings. The van der Waals surface area contributed by atoms with E-state index in [0.717, 1.165) is 6.34 Å². The van der Waals surface area contributed by atoms with Crippen molar-refractivity contribution >= 4 is 12.3 Å². The lowest BCUT2D eigenvalue weighted by Gasteiger charge is -2.08. The van der Waals surface area contributed by atoms with Crippen LogP contribution in [0.2, 0.25) is 0 Å². The van der Waals surface area contributed by atoms with Crippen molar-refractivity contribution in [3.8, 4) is 0 Å². The normalized spacial score (nSPS) is 9.86. The summed E-state index contributed by atoms with van der Waals surface area (Å²) < 4.78 is 1.27.